The molecule has 0 aliphatic rings. The van der Waals surface area contributed by atoms with Gasteiger partial charge in [-0.2, -0.15) is 0 Å². The van der Waals surface area contributed by atoms with Gasteiger partial charge in [0.1, 0.15) is 18.1 Å². The van der Waals surface area contributed by atoms with E-state index in [1.165, 1.54) is 28.1 Å². The summed E-state index contributed by atoms with van der Waals surface area (Å²) in [5.74, 6) is -4.85. The minimum absolute atomic E-state index is 0.0249. The quantitative estimate of drug-likeness (QED) is 0.0791. The summed E-state index contributed by atoms with van der Waals surface area (Å²) in [6.07, 6.45) is 0.931. The van der Waals surface area contributed by atoms with Crippen molar-refractivity contribution in [3.63, 3.8) is 0 Å². The second-order valence-corrected chi connectivity index (χ2v) is 12.9. The highest BCUT2D eigenvalue weighted by Crippen LogP contribution is 2.15. The number of hydrogen-bond donors (Lipinski definition) is 7. The summed E-state index contributed by atoms with van der Waals surface area (Å²) in [6, 6.07) is -8.34. The molecule has 6 atom stereocenters. The summed E-state index contributed by atoms with van der Waals surface area (Å²) in [7, 11) is 5.69. The molecule has 0 radical (unpaired) electrons. The number of allylic oxidation sites excluding steroid dienone is 2. The molecule has 0 fully saturated rings. The number of carbonyl (C=O) groups is 9. The molecule has 20 heteroatoms. The first-order valence-corrected chi connectivity index (χ1v) is 17.0. The van der Waals surface area contributed by atoms with Crippen molar-refractivity contribution in [3.8, 4) is 0 Å². The van der Waals surface area contributed by atoms with E-state index in [2.05, 4.69) is 16.0 Å². The molecule has 300 valence electrons. The van der Waals surface area contributed by atoms with Gasteiger partial charge >= 0.3 is 24.1 Å². The number of rotatable bonds is 16. The summed E-state index contributed by atoms with van der Waals surface area (Å²) in [4.78, 5) is 117. The van der Waals surface area contributed by atoms with Crippen LogP contribution in [0.5, 0.6) is 0 Å². The molecule has 0 saturated heterocycles. The minimum atomic E-state index is -2.11. The number of urea groups is 4. The van der Waals surface area contributed by atoms with Crippen molar-refractivity contribution < 1.29 is 53.4 Å². The number of aliphatic hydroxyl groups excluding tert-OH is 2. The van der Waals surface area contributed by atoms with Gasteiger partial charge in [-0.15, -0.1) is 0 Å². The normalized spacial score (nSPS) is 14.4. The van der Waals surface area contributed by atoms with Crippen LogP contribution in [0.3, 0.4) is 0 Å². The van der Waals surface area contributed by atoms with Crippen molar-refractivity contribution in [1.29, 1.82) is 0 Å². The molecule has 0 aliphatic carbocycles. The lowest BCUT2D eigenvalue weighted by Crippen LogP contribution is -2.59. The second kappa shape index (κ2) is 22.7. The van der Waals surface area contributed by atoms with Gasteiger partial charge < -0.3 is 36.0 Å². The van der Waals surface area contributed by atoms with Gasteiger partial charge in [-0.1, -0.05) is 39.8 Å². The molecule has 0 aromatic heterocycles. The summed E-state index contributed by atoms with van der Waals surface area (Å²) >= 11 is 0. The van der Waals surface area contributed by atoms with Crippen LogP contribution in [0.15, 0.2) is 12.2 Å². The summed E-state index contributed by atoms with van der Waals surface area (Å²) in [6.45, 7) is 9.89. The maximum atomic E-state index is 13.4. The second-order valence-electron chi connectivity index (χ2n) is 12.9. The predicted octanol–water partition coefficient (Wildman–Crippen LogP) is -0.342. The van der Waals surface area contributed by atoms with Gasteiger partial charge in [0.2, 0.25) is 18.0 Å². The molecule has 0 saturated carbocycles. The molecule has 0 aliphatic heterocycles. The number of amides is 13. The fourth-order valence-electron chi connectivity index (χ4n) is 4.64. The Balaban J connectivity index is 5.59. The number of likely N-dealkylation sites (N-methyl/N-ethyl adjacent to an activating group) is 3. The van der Waals surface area contributed by atoms with E-state index in [9.17, 15) is 53.4 Å². The van der Waals surface area contributed by atoms with Crippen LogP contribution in [0.4, 0.5) is 19.2 Å². The Morgan fingerprint density at radius 3 is 1.81 bits per heavy atom. The van der Waals surface area contributed by atoms with Gasteiger partial charge in [-0.3, -0.25) is 39.5 Å². The fraction of sp³-hybridized carbons (Fsp3) is 0.667. The van der Waals surface area contributed by atoms with E-state index in [4.69, 9.17) is 0 Å². The third-order valence-electron chi connectivity index (χ3n) is 8.21. The fourth-order valence-corrected chi connectivity index (χ4v) is 4.64. The van der Waals surface area contributed by atoms with Crippen LogP contribution >= 0.6 is 0 Å². The first-order valence-electron chi connectivity index (χ1n) is 17.0. The highest BCUT2D eigenvalue weighted by molar-refractivity contribution is 6.07. The topological polar surface area (TPSA) is 267 Å². The molecule has 13 amide bonds. The molecule has 0 spiro atoms. The largest absolute Gasteiger partial charge is 0.392 e. The third-order valence-corrected chi connectivity index (χ3v) is 8.21. The molecule has 0 aromatic carbocycles. The minimum Gasteiger partial charge on any atom is -0.392 e. The Bertz CT molecular complexity index is 1370. The van der Waals surface area contributed by atoms with Crippen LogP contribution < -0.4 is 26.6 Å². The lowest BCUT2D eigenvalue weighted by atomic mass is 9.97. The predicted molar refractivity (Wildman–Crippen MR) is 191 cm³/mol. The van der Waals surface area contributed by atoms with Crippen LogP contribution in [0.25, 0.3) is 0 Å². The maximum Gasteiger partial charge on any atom is 0.333 e. The van der Waals surface area contributed by atoms with Gasteiger partial charge in [0.25, 0.3) is 17.7 Å². The Kier molecular flexibility index (Phi) is 20.6. The third kappa shape index (κ3) is 15.2. The number of aliphatic hydroxyl groups is 2. The molecular formula is C33H57N9O11. The molecule has 20 nitrogen and oxygen atoms in total. The molecule has 0 bridgehead atoms. The van der Waals surface area contributed by atoms with E-state index in [0.717, 1.165) is 19.0 Å². The van der Waals surface area contributed by atoms with E-state index in [1.54, 1.807) is 33.0 Å². The maximum absolute atomic E-state index is 13.4. The molecule has 53 heavy (non-hydrogen) atoms. The lowest BCUT2D eigenvalue weighted by Gasteiger charge is -2.33. The first kappa shape index (κ1) is 47.9. The Hall–Kier alpha value is -5.11. The number of hydrogen-bond acceptors (Lipinski definition) is 11. The summed E-state index contributed by atoms with van der Waals surface area (Å²) < 4.78 is 0. The molecule has 0 unspecified atom stereocenters. The molecule has 0 rings (SSSR count). The van der Waals surface area contributed by atoms with E-state index in [0.29, 0.717) is 21.1 Å². The molecule has 7 N–H and O–H groups in total. The highest BCUT2D eigenvalue weighted by Gasteiger charge is 2.37. The van der Waals surface area contributed by atoms with Crippen molar-refractivity contribution in [2.24, 2.45) is 11.8 Å². The van der Waals surface area contributed by atoms with E-state index in [-0.39, 0.29) is 31.1 Å². The number of carbonyl (C=O) groups excluding carboxylic acids is 9. The van der Waals surface area contributed by atoms with Crippen LogP contribution in [-0.2, 0) is 24.0 Å². The summed E-state index contributed by atoms with van der Waals surface area (Å²) in [5, 5.41) is 31.9. The van der Waals surface area contributed by atoms with Gasteiger partial charge in [-0.25, -0.2) is 24.1 Å². The van der Waals surface area contributed by atoms with Crippen LogP contribution in [0.2, 0.25) is 0 Å². The summed E-state index contributed by atoms with van der Waals surface area (Å²) in [5.41, 5.74) is 0. The zero-order valence-corrected chi connectivity index (χ0v) is 32.4. The molecule has 0 aromatic rings. The van der Waals surface area contributed by atoms with Crippen molar-refractivity contribution in [1.82, 2.24) is 46.2 Å². The van der Waals surface area contributed by atoms with E-state index >= 15 is 0 Å². The van der Waals surface area contributed by atoms with Crippen molar-refractivity contribution >= 4 is 53.7 Å². The van der Waals surface area contributed by atoms with Crippen LogP contribution in [-0.4, -0.2) is 149 Å². The van der Waals surface area contributed by atoms with Gasteiger partial charge in [0.15, 0.2) is 0 Å². The Morgan fingerprint density at radius 1 is 0.736 bits per heavy atom. The van der Waals surface area contributed by atoms with E-state index < -0.39 is 84.1 Å². The number of nitrogens with one attached hydrogen (secondary N) is 5. The first-order chi connectivity index (χ1) is 24.5. The van der Waals surface area contributed by atoms with Crippen LogP contribution in [0, 0.1) is 11.8 Å². The average molecular weight is 756 g/mol. The highest BCUT2D eigenvalue weighted by atomic mass is 16.3. The van der Waals surface area contributed by atoms with E-state index in [1.807, 2.05) is 24.4 Å². The Morgan fingerprint density at radius 2 is 1.30 bits per heavy atom. The van der Waals surface area contributed by atoms with Gasteiger partial charge in [0, 0.05) is 35.2 Å². The lowest BCUT2D eigenvalue weighted by molar-refractivity contribution is -0.161. The zero-order chi connectivity index (χ0) is 41.3. The van der Waals surface area contributed by atoms with Crippen LogP contribution in [0.1, 0.15) is 67.2 Å². The Labute approximate surface area is 310 Å². The number of nitrogens with zero attached hydrogens (tertiary/aromatic N) is 4. The molecule has 0 heterocycles. The van der Waals surface area contributed by atoms with Gasteiger partial charge in [0.05, 0.1) is 12.5 Å². The standard InChI is InChI=1S/C33H57N9O11/c1-12-14-15-19(5)23(43)17-24(44)36-21(13-2)27(47)40(9)29(49)28(48)39(8)22(16-18(3)4)25(45)37-32(52)42(11)33(53)38-30(50)35-20(6)26(46)41(10)31(51)34-7/h12,14,18-23,29,43,49H,13,15-17H2,1-11H3,(H,34,51)(H,36,44)(H,37,45,52)(H2,35,38,50,53)/b14-12+/t19-,20+,21+,22+,23+,29-/m1/s1. The number of imide groups is 4. The zero-order valence-electron chi connectivity index (χ0n) is 32.4. The van der Waals surface area contributed by atoms with Crippen molar-refractivity contribution in [2.45, 2.75) is 97.7 Å². The monoisotopic (exact) mass is 755 g/mol. The smallest absolute Gasteiger partial charge is 0.333 e. The average Bonchev–Trinajstić information content (AvgIpc) is 3.11. The van der Waals surface area contributed by atoms with Crippen molar-refractivity contribution in [3.05, 3.63) is 12.2 Å². The van der Waals surface area contributed by atoms with Crippen molar-refractivity contribution in [2.75, 3.05) is 35.2 Å². The SMILES string of the molecule is C/C=C/C[C@@H](C)[C@@H](O)CC(=O)N[C@@H](CC)C(=O)N(C)[C@H](O)C(=O)N(C)[C@@H](CC(C)C)C(=O)NC(=O)N(C)C(=O)NC(=O)N[C@@H](C)C(=O)N(C)C(=O)NC. The van der Waals surface area contributed by atoms with Gasteiger partial charge in [-0.05, 0) is 44.9 Å². The molecular weight excluding hydrogens is 698 g/mol.